The van der Waals surface area contributed by atoms with E-state index in [4.69, 9.17) is 10.5 Å². The van der Waals surface area contributed by atoms with Gasteiger partial charge in [-0.3, -0.25) is 0 Å². The van der Waals surface area contributed by atoms with E-state index in [-0.39, 0.29) is 0 Å². The van der Waals surface area contributed by atoms with Crippen LogP contribution in [0.15, 0.2) is 34.9 Å². The number of hydrogen-bond acceptors (Lipinski definition) is 5. The Kier molecular flexibility index (Phi) is 4.34. The number of hydrogen-bond donors (Lipinski definition) is 1. The molecule has 0 spiro atoms. The first-order valence-corrected chi connectivity index (χ1v) is 6.54. The number of aromatic nitrogens is 2. The first-order chi connectivity index (χ1) is 9.15. The summed E-state index contributed by atoms with van der Waals surface area (Å²) in [5.41, 5.74) is 6.55. The molecule has 0 radical (unpaired) electrons. The van der Waals surface area contributed by atoms with Crippen LogP contribution in [0.4, 0.5) is 11.5 Å². The Morgan fingerprint density at radius 1 is 1.37 bits per heavy atom. The van der Waals surface area contributed by atoms with E-state index in [1.54, 1.807) is 13.3 Å². The zero-order chi connectivity index (χ0) is 13.8. The summed E-state index contributed by atoms with van der Waals surface area (Å²) in [4.78, 5) is 10.4. The molecule has 0 unspecified atom stereocenters. The molecule has 0 atom stereocenters. The Hall–Kier alpha value is -1.66. The maximum absolute atomic E-state index is 5.55. The molecule has 1 aromatic heterocycles. The molecule has 1 aromatic carbocycles. The molecular weight excluding hydrogens is 308 g/mol. The van der Waals surface area contributed by atoms with Crippen LogP contribution < -0.4 is 15.4 Å². The minimum atomic E-state index is 0.327. The lowest BCUT2D eigenvalue weighted by molar-refractivity contribution is 0.412. The number of halogens is 1. The summed E-state index contributed by atoms with van der Waals surface area (Å²) >= 11 is 3.47. The molecule has 1 heterocycles. The summed E-state index contributed by atoms with van der Waals surface area (Å²) in [6.45, 7) is 0.327. The molecule has 0 aliphatic carbocycles. The summed E-state index contributed by atoms with van der Waals surface area (Å²) in [7, 11) is 3.58. The van der Waals surface area contributed by atoms with Gasteiger partial charge in [-0.25, -0.2) is 9.97 Å². The largest absolute Gasteiger partial charge is 0.496 e. The van der Waals surface area contributed by atoms with Crippen molar-refractivity contribution in [3.63, 3.8) is 0 Å². The van der Waals surface area contributed by atoms with Crippen LogP contribution in [0.2, 0.25) is 0 Å². The fourth-order valence-electron chi connectivity index (χ4n) is 1.67. The van der Waals surface area contributed by atoms with E-state index in [1.807, 2.05) is 36.2 Å². The Balaban J connectivity index is 2.32. The first kappa shape index (κ1) is 13.8. The van der Waals surface area contributed by atoms with Crippen molar-refractivity contribution in [1.29, 1.82) is 0 Å². The SMILES string of the molecule is COc1ccc(N(C)c2ccnc(CN)n2)cc1Br. The van der Waals surface area contributed by atoms with Crippen LogP contribution in [0.1, 0.15) is 5.82 Å². The predicted molar refractivity (Wildman–Crippen MR) is 78.7 cm³/mol. The third-order valence-electron chi connectivity index (χ3n) is 2.74. The van der Waals surface area contributed by atoms with Gasteiger partial charge in [0.2, 0.25) is 0 Å². The van der Waals surface area contributed by atoms with Gasteiger partial charge in [0, 0.05) is 18.9 Å². The van der Waals surface area contributed by atoms with Crippen molar-refractivity contribution in [3.8, 4) is 5.75 Å². The number of benzene rings is 1. The van der Waals surface area contributed by atoms with Gasteiger partial charge >= 0.3 is 0 Å². The van der Waals surface area contributed by atoms with Gasteiger partial charge in [0.1, 0.15) is 17.4 Å². The Labute approximate surface area is 120 Å². The Morgan fingerprint density at radius 3 is 2.79 bits per heavy atom. The highest BCUT2D eigenvalue weighted by Gasteiger charge is 2.09. The zero-order valence-corrected chi connectivity index (χ0v) is 12.4. The van der Waals surface area contributed by atoms with Crippen molar-refractivity contribution in [2.75, 3.05) is 19.1 Å². The van der Waals surface area contributed by atoms with E-state index in [2.05, 4.69) is 25.9 Å². The molecular formula is C13H15BrN4O. The van der Waals surface area contributed by atoms with Crippen molar-refractivity contribution in [2.24, 2.45) is 5.73 Å². The molecule has 0 fully saturated rings. The van der Waals surface area contributed by atoms with Gasteiger partial charge in [0.15, 0.2) is 0 Å². The van der Waals surface area contributed by atoms with Gasteiger partial charge in [0.25, 0.3) is 0 Å². The summed E-state index contributed by atoms with van der Waals surface area (Å²) in [6, 6.07) is 7.69. The third kappa shape index (κ3) is 3.02. The highest BCUT2D eigenvalue weighted by Crippen LogP contribution is 2.31. The first-order valence-electron chi connectivity index (χ1n) is 5.75. The van der Waals surface area contributed by atoms with Crippen molar-refractivity contribution >= 4 is 27.4 Å². The summed E-state index contributed by atoms with van der Waals surface area (Å²) < 4.78 is 6.11. The van der Waals surface area contributed by atoms with Crippen LogP contribution >= 0.6 is 15.9 Å². The van der Waals surface area contributed by atoms with Crippen molar-refractivity contribution in [3.05, 3.63) is 40.8 Å². The van der Waals surface area contributed by atoms with Crippen LogP contribution in [0.5, 0.6) is 5.75 Å². The maximum atomic E-state index is 5.55. The van der Waals surface area contributed by atoms with E-state index in [9.17, 15) is 0 Å². The maximum Gasteiger partial charge on any atom is 0.144 e. The molecule has 0 saturated carbocycles. The molecule has 100 valence electrons. The molecule has 2 N–H and O–H groups in total. The monoisotopic (exact) mass is 322 g/mol. The van der Waals surface area contributed by atoms with Crippen molar-refractivity contribution in [2.45, 2.75) is 6.54 Å². The van der Waals surface area contributed by atoms with E-state index in [1.165, 1.54) is 0 Å². The molecule has 0 aliphatic heterocycles. The van der Waals surface area contributed by atoms with Crippen LogP contribution in [0.3, 0.4) is 0 Å². The average Bonchev–Trinajstić information content (AvgIpc) is 2.46. The Morgan fingerprint density at radius 2 is 2.16 bits per heavy atom. The minimum Gasteiger partial charge on any atom is -0.496 e. The van der Waals surface area contributed by atoms with Gasteiger partial charge in [-0.05, 0) is 40.2 Å². The third-order valence-corrected chi connectivity index (χ3v) is 3.36. The van der Waals surface area contributed by atoms with E-state index >= 15 is 0 Å². The van der Waals surface area contributed by atoms with Crippen LogP contribution in [-0.2, 0) is 6.54 Å². The molecule has 0 saturated heterocycles. The fourth-order valence-corrected chi connectivity index (χ4v) is 2.20. The molecule has 0 bridgehead atoms. The Bertz CT molecular complexity index is 576. The molecule has 0 aliphatic rings. The van der Waals surface area contributed by atoms with Crippen molar-refractivity contribution in [1.82, 2.24) is 9.97 Å². The molecule has 2 rings (SSSR count). The average molecular weight is 323 g/mol. The number of methoxy groups -OCH3 is 1. The summed E-state index contributed by atoms with van der Waals surface area (Å²) in [5, 5.41) is 0. The second-order valence-corrected chi connectivity index (χ2v) is 4.77. The van der Waals surface area contributed by atoms with Gasteiger partial charge < -0.3 is 15.4 Å². The lowest BCUT2D eigenvalue weighted by Crippen LogP contribution is -2.13. The second kappa shape index (κ2) is 5.99. The van der Waals surface area contributed by atoms with Gasteiger partial charge in [-0.15, -0.1) is 0 Å². The molecule has 6 heteroatoms. The van der Waals surface area contributed by atoms with E-state index in [0.717, 1.165) is 21.7 Å². The van der Waals surface area contributed by atoms with Crippen LogP contribution in [-0.4, -0.2) is 24.1 Å². The van der Waals surface area contributed by atoms with Crippen molar-refractivity contribution < 1.29 is 4.74 Å². The van der Waals surface area contributed by atoms with Gasteiger partial charge in [0.05, 0.1) is 18.1 Å². The summed E-state index contributed by atoms with van der Waals surface area (Å²) in [5.74, 6) is 2.21. The lowest BCUT2D eigenvalue weighted by Gasteiger charge is -2.19. The fraction of sp³-hybridized carbons (Fsp3) is 0.231. The minimum absolute atomic E-state index is 0.327. The normalized spacial score (nSPS) is 10.3. The summed E-state index contributed by atoms with van der Waals surface area (Å²) in [6.07, 6.45) is 1.71. The number of ether oxygens (including phenoxy) is 1. The molecule has 2 aromatic rings. The van der Waals surface area contributed by atoms with E-state index < -0.39 is 0 Å². The second-order valence-electron chi connectivity index (χ2n) is 3.91. The smallest absolute Gasteiger partial charge is 0.144 e. The number of anilines is 2. The van der Waals surface area contributed by atoms with E-state index in [0.29, 0.717) is 12.4 Å². The highest BCUT2D eigenvalue weighted by atomic mass is 79.9. The lowest BCUT2D eigenvalue weighted by atomic mass is 10.3. The zero-order valence-electron chi connectivity index (χ0n) is 10.8. The highest BCUT2D eigenvalue weighted by molar-refractivity contribution is 9.10. The van der Waals surface area contributed by atoms with Gasteiger partial charge in [-0.1, -0.05) is 0 Å². The predicted octanol–water partition coefficient (Wildman–Crippen LogP) is 2.47. The topological polar surface area (TPSA) is 64.3 Å². The molecule has 5 nitrogen and oxygen atoms in total. The number of rotatable bonds is 4. The van der Waals surface area contributed by atoms with Gasteiger partial charge in [-0.2, -0.15) is 0 Å². The number of nitrogens with two attached hydrogens (primary N) is 1. The molecule has 19 heavy (non-hydrogen) atoms. The number of nitrogens with zero attached hydrogens (tertiary/aromatic N) is 3. The molecule has 0 amide bonds. The van der Waals surface area contributed by atoms with Crippen LogP contribution in [0.25, 0.3) is 0 Å². The standard InChI is InChI=1S/C13H15BrN4O/c1-18(13-5-6-16-12(8-15)17-13)9-3-4-11(19-2)10(14)7-9/h3-7H,8,15H2,1-2H3. The van der Waals surface area contributed by atoms with Crippen LogP contribution in [0, 0.1) is 0 Å². The quantitative estimate of drug-likeness (QED) is 0.936.